The molecule has 1 rings (SSSR count). The fourth-order valence-corrected chi connectivity index (χ4v) is 2.45. The van der Waals surface area contributed by atoms with E-state index in [1.165, 1.54) is 12.1 Å². The molecule has 0 spiro atoms. The first-order valence-corrected chi connectivity index (χ1v) is 8.77. The van der Waals surface area contributed by atoms with Crippen molar-refractivity contribution in [1.29, 1.82) is 0 Å². The van der Waals surface area contributed by atoms with Crippen molar-refractivity contribution in [1.82, 2.24) is 6.15 Å². The molecule has 1 aromatic carbocycles. The summed E-state index contributed by atoms with van der Waals surface area (Å²) in [5.74, 6) is 0.609. The van der Waals surface area contributed by atoms with Crippen molar-refractivity contribution in [2.45, 2.75) is 27.7 Å². The van der Waals surface area contributed by atoms with Crippen molar-refractivity contribution in [3.05, 3.63) is 35.4 Å². The minimum Gasteiger partial charge on any atom is -0.746 e. The van der Waals surface area contributed by atoms with Gasteiger partial charge in [0, 0.05) is 17.7 Å². The Bertz CT molecular complexity index is 609. The van der Waals surface area contributed by atoms with Crippen LogP contribution in [-0.4, -0.2) is 25.2 Å². The summed E-state index contributed by atoms with van der Waals surface area (Å²) in [6.07, 6.45) is 0. The number of hydrogen-bond acceptors (Lipinski definition) is 6. The van der Waals surface area contributed by atoms with Gasteiger partial charge in [0.25, 0.3) is 0 Å². The Morgan fingerprint density at radius 1 is 1.32 bits per heavy atom. The molecule has 25 heavy (non-hydrogen) atoms. The zero-order valence-electron chi connectivity index (χ0n) is 15.9. The molecule has 7 nitrogen and oxygen atoms in total. The molecule has 1 aromatic rings. The quantitative estimate of drug-likeness (QED) is 0.390. The van der Waals surface area contributed by atoms with Gasteiger partial charge in [-0.3, -0.25) is 4.57 Å². The van der Waals surface area contributed by atoms with Crippen molar-refractivity contribution >= 4 is 13.6 Å². The van der Waals surface area contributed by atoms with Crippen molar-refractivity contribution in [2.75, 3.05) is 20.3 Å². The van der Waals surface area contributed by atoms with Crippen LogP contribution in [-0.2, 0) is 14.0 Å². The van der Waals surface area contributed by atoms with E-state index in [4.69, 9.17) is 14.4 Å². The summed E-state index contributed by atoms with van der Waals surface area (Å²) in [6, 6.07) is 6.34. The predicted molar refractivity (Wildman–Crippen MR) is 91.8 cm³/mol. The number of phosphoric ester groups is 1. The van der Waals surface area contributed by atoms with Gasteiger partial charge in [0.1, 0.15) is 11.5 Å². The van der Waals surface area contributed by atoms with E-state index in [0.29, 0.717) is 24.5 Å². The fourth-order valence-electron chi connectivity index (χ4n) is 2.07. The average Bonchev–Trinajstić information content (AvgIpc) is 2.40. The maximum atomic E-state index is 10.9. The molecule has 0 saturated heterocycles. The number of phosphoric acid groups is 1. The molecule has 0 radical (unpaired) electrons. The SMILES string of the molecule is CCOCC(=C(OC)c1cccc(OP(=O)([O-])O)c1)C(C)(C)C.N.[Na+]. The Morgan fingerprint density at radius 2 is 1.92 bits per heavy atom. The van der Waals surface area contributed by atoms with Gasteiger partial charge in [-0.1, -0.05) is 32.9 Å². The Hall–Kier alpha value is -0.370. The van der Waals surface area contributed by atoms with E-state index in [9.17, 15) is 9.46 Å². The first kappa shape index (κ1) is 26.9. The van der Waals surface area contributed by atoms with Crippen LogP contribution in [0.15, 0.2) is 29.8 Å². The topological polar surface area (TPSA) is 123 Å². The molecular weight excluding hydrogens is 356 g/mol. The molecule has 0 amide bonds. The largest absolute Gasteiger partial charge is 1.00 e. The maximum Gasteiger partial charge on any atom is 1.00 e. The number of ether oxygens (including phenoxy) is 2. The molecule has 0 saturated carbocycles. The van der Waals surface area contributed by atoms with Crippen molar-refractivity contribution < 1.29 is 57.9 Å². The minimum atomic E-state index is -4.85. The smallest absolute Gasteiger partial charge is 0.746 e. The van der Waals surface area contributed by atoms with Gasteiger partial charge in [0.2, 0.25) is 0 Å². The third-order valence-corrected chi connectivity index (χ3v) is 3.59. The molecule has 138 valence electrons. The third kappa shape index (κ3) is 9.22. The molecular formula is C16H27NNaO6P. The summed E-state index contributed by atoms with van der Waals surface area (Å²) in [5.41, 5.74) is 1.37. The van der Waals surface area contributed by atoms with E-state index < -0.39 is 7.82 Å². The van der Waals surface area contributed by atoms with Crippen molar-refractivity contribution in [3.8, 4) is 5.75 Å². The Labute approximate surface area is 171 Å². The Kier molecular flexibility index (Phi) is 12.2. The second-order valence-corrected chi connectivity index (χ2v) is 7.11. The summed E-state index contributed by atoms with van der Waals surface area (Å²) in [6.45, 7) is 9.01. The van der Waals surface area contributed by atoms with Gasteiger partial charge in [0.15, 0.2) is 0 Å². The van der Waals surface area contributed by atoms with Crippen LogP contribution in [0.2, 0.25) is 0 Å². The van der Waals surface area contributed by atoms with Gasteiger partial charge in [-0.15, -0.1) is 0 Å². The molecule has 1 atom stereocenters. The molecule has 4 N–H and O–H groups in total. The zero-order chi connectivity index (χ0) is 17.7. The fraction of sp³-hybridized carbons (Fsp3) is 0.500. The van der Waals surface area contributed by atoms with Crippen LogP contribution >= 0.6 is 7.82 Å². The third-order valence-electron chi connectivity index (χ3n) is 3.15. The van der Waals surface area contributed by atoms with Crippen LogP contribution in [0.1, 0.15) is 33.3 Å². The summed E-state index contributed by atoms with van der Waals surface area (Å²) < 4.78 is 26.5. The van der Waals surface area contributed by atoms with E-state index in [0.717, 1.165) is 5.57 Å². The zero-order valence-corrected chi connectivity index (χ0v) is 18.8. The summed E-state index contributed by atoms with van der Waals surface area (Å²) >= 11 is 0. The molecule has 9 heteroatoms. The summed E-state index contributed by atoms with van der Waals surface area (Å²) in [4.78, 5) is 19.7. The van der Waals surface area contributed by atoms with Crippen LogP contribution in [0.25, 0.3) is 5.76 Å². The molecule has 0 aliphatic heterocycles. The van der Waals surface area contributed by atoms with Gasteiger partial charge >= 0.3 is 37.4 Å². The summed E-state index contributed by atoms with van der Waals surface area (Å²) in [7, 11) is -3.30. The molecule has 0 aromatic heterocycles. The Morgan fingerprint density at radius 3 is 2.36 bits per heavy atom. The number of benzene rings is 1. The monoisotopic (exact) mass is 383 g/mol. The van der Waals surface area contributed by atoms with Gasteiger partial charge in [-0.2, -0.15) is 0 Å². The van der Waals surface area contributed by atoms with Crippen molar-refractivity contribution in [2.24, 2.45) is 5.41 Å². The molecule has 1 unspecified atom stereocenters. The molecule has 0 bridgehead atoms. The van der Waals surface area contributed by atoms with Crippen LogP contribution in [0.4, 0.5) is 0 Å². The van der Waals surface area contributed by atoms with Gasteiger partial charge in [0.05, 0.1) is 13.7 Å². The van der Waals surface area contributed by atoms with Crippen LogP contribution in [0.3, 0.4) is 0 Å². The van der Waals surface area contributed by atoms with Gasteiger partial charge in [-0.25, -0.2) is 0 Å². The van der Waals surface area contributed by atoms with E-state index >= 15 is 0 Å². The average molecular weight is 383 g/mol. The molecule has 0 aliphatic carbocycles. The predicted octanol–water partition coefficient (Wildman–Crippen LogP) is 0.132. The number of methoxy groups -OCH3 is 1. The van der Waals surface area contributed by atoms with Crippen LogP contribution in [0, 0.1) is 5.41 Å². The van der Waals surface area contributed by atoms with E-state index in [1.807, 2.05) is 27.7 Å². The van der Waals surface area contributed by atoms with Gasteiger partial charge < -0.3 is 29.9 Å². The number of hydrogen-bond donors (Lipinski definition) is 2. The molecule has 0 fully saturated rings. The molecule has 0 aliphatic rings. The molecule has 0 heterocycles. The first-order valence-electron chi connectivity index (χ1n) is 7.27. The Balaban J connectivity index is 0. The normalized spacial score (nSPS) is 14.4. The number of rotatable bonds is 7. The van der Waals surface area contributed by atoms with Gasteiger partial charge in [-0.05, 0) is 24.5 Å². The summed E-state index contributed by atoms with van der Waals surface area (Å²) in [5, 5.41) is 0. The first-order chi connectivity index (χ1) is 10.6. The standard InChI is InChI=1S/C16H25O6P.H3N.Na/c1-6-21-11-14(16(2,3)4)15(20-5)12-8-7-9-13(10-12)22-23(17,18)19;;/h7-10H,6,11H2,1-5H3,(H2,17,18,19);1H3;/q;;+1/p-1. The minimum absolute atomic E-state index is 0. The van der Waals surface area contributed by atoms with E-state index in [1.54, 1.807) is 19.2 Å². The van der Waals surface area contributed by atoms with E-state index in [-0.39, 0.29) is 46.9 Å². The van der Waals surface area contributed by atoms with Crippen LogP contribution in [0.5, 0.6) is 5.75 Å². The van der Waals surface area contributed by atoms with Crippen molar-refractivity contribution in [3.63, 3.8) is 0 Å². The van der Waals surface area contributed by atoms with E-state index in [2.05, 4.69) is 4.52 Å². The van der Waals surface area contributed by atoms with Crippen LogP contribution < -0.4 is 45.1 Å². The maximum absolute atomic E-state index is 10.9. The second-order valence-electron chi connectivity index (χ2n) is 5.99. The second kappa shape index (κ2) is 11.4.